The molecule has 4 heteroatoms. The molecule has 0 atom stereocenters. The lowest BCUT2D eigenvalue weighted by Crippen LogP contribution is -2.11. The number of furan rings is 1. The molecule has 0 aliphatic rings. The maximum atomic E-state index is 6.74. The maximum absolute atomic E-state index is 6.74. The van der Waals surface area contributed by atoms with Crippen molar-refractivity contribution in [2.45, 2.75) is 0 Å². The third kappa shape index (κ3) is 4.70. The van der Waals surface area contributed by atoms with Gasteiger partial charge in [-0.3, -0.25) is 0 Å². The summed E-state index contributed by atoms with van der Waals surface area (Å²) in [6.07, 6.45) is 0. The zero-order valence-electron chi connectivity index (χ0n) is 30.2. The predicted molar refractivity (Wildman–Crippen MR) is 239 cm³/mol. The smallest absolute Gasteiger partial charge is 0.143 e. The number of rotatable bonds is 5. The molecule has 0 fully saturated rings. The van der Waals surface area contributed by atoms with E-state index in [0.717, 1.165) is 50.1 Å². The molecule has 56 heavy (non-hydrogen) atoms. The van der Waals surface area contributed by atoms with E-state index in [1.54, 1.807) is 0 Å². The van der Waals surface area contributed by atoms with Crippen LogP contribution < -0.4 is 4.90 Å². The summed E-state index contributed by atoms with van der Waals surface area (Å²) < 4.78 is 11.7. The summed E-state index contributed by atoms with van der Waals surface area (Å²) in [6, 6.07) is 70.3. The lowest BCUT2D eigenvalue weighted by atomic mass is 10.0. The van der Waals surface area contributed by atoms with Gasteiger partial charge in [0.1, 0.15) is 11.2 Å². The summed E-state index contributed by atoms with van der Waals surface area (Å²) >= 11 is 1.86. The Labute approximate surface area is 326 Å². The van der Waals surface area contributed by atoms with Crippen LogP contribution in [0.3, 0.4) is 0 Å². The van der Waals surface area contributed by atoms with Gasteiger partial charge in [-0.2, -0.15) is 0 Å². The number of thiophene rings is 1. The number of fused-ring (bicyclic) bond motifs is 11. The molecule has 0 amide bonds. The first-order chi connectivity index (χ1) is 27.8. The van der Waals surface area contributed by atoms with Gasteiger partial charge in [-0.25, -0.2) is 0 Å². The minimum Gasteiger partial charge on any atom is -0.455 e. The van der Waals surface area contributed by atoms with Gasteiger partial charge in [0.25, 0.3) is 0 Å². The van der Waals surface area contributed by atoms with Crippen molar-refractivity contribution in [3.05, 3.63) is 194 Å². The Balaban J connectivity index is 1.10. The lowest BCUT2D eigenvalue weighted by Gasteiger charge is -2.27. The standard InChI is InChI=1S/C52H32N2OS/c1-2-17-39-33(12-1)26-29-44-51-47(23-11-24-48(51)55-52(39)44)53(36-14-9-13-34(30-36)35-27-28-43-42-20-5-8-25-49(42)56-50(43)31-35)37-15-10-16-38(32-37)54-45-21-6-3-18-40(45)41-19-4-7-22-46(41)54/h1-32H. The summed E-state index contributed by atoms with van der Waals surface area (Å²) in [6.45, 7) is 0. The summed E-state index contributed by atoms with van der Waals surface area (Å²) in [5.41, 5.74) is 10.8. The largest absolute Gasteiger partial charge is 0.455 e. The minimum atomic E-state index is 0.865. The van der Waals surface area contributed by atoms with Gasteiger partial charge in [-0.1, -0.05) is 121 Å². The Morgan fingerprint density at radius 2 is 1.07 bits per heavy atom. The van der Waals surface area contributed by atoms with E-state index in [1.807, 2.05) is 11.3 Å². The van der Waals surface area contributed by atoms with Gasteiger partial charge in [0.05, 0.1) is 22.1 Å². The van der Waals surface area contributed by atoms with Crippen LogP contribution in [0.2, 0.25) is 0 Å². The first-order valence-electron chi connectivity index (χ1n) is 19.0. The van der Waals surface area contributed by atoms with Crippen LogP contribution in [0, 0.1) is 0 Å². The Morgan fingerprint density at radius 3 is 1.91 bits per heavy atom. The van der Waals surface area contributed by atoms with Gasteiger partial charge in [-0.05, 0) is 89.3 Å². The Hall–Kier alpha value is -7.14. The molecule has 9 aromatic carbocycles. The maximum Gasteiger partial charge on any atom is 0.143 e. The van der Waals surface area contributed by atoms with Crippen molar-refractivity contribution in [3.63, 3.8) is 0 Å². The van der Waals surface area contributed by atoms with E-state index in [0.29, 0.717) is 0 Å². The lowest BCUT2D eigenvalue weighted by molar-refractivity contribution is 0.672. The zero-order valence-corrected chi connectivity index (χ0v) is 31.0. The van der Waals surface area contributed by atoms with Crippen LogP contribution in [0.15, 0.2) is 199 Å². The van der Waals surface area contributed by atoms with Crippen molar-refractivity contribution in [1.82, 2.24) is 4.57 Å². The van der Waals surface area contributed by atoms with Crippen molar-refractivity contribution in [1.29, 1.82) is 0 Å². The van der Waals surface area contributed by atoms with Crippen molar-refractivity contribution in [3.8, 4) is 16.8 Å². The predicted octanol–water partition coefficient (Wildman–Crippen LogP) is 15.3. The van der Waals surface area contributed by atoms with E-state index in [-0.39, 0.29) is 0 Å². The Morgan fingerprint density at radius 1 is 0.429 bits per heavy atom. The van der Waals surface area contributed by atoms with Crippen LogP contribution in [-0.2, 0) is 0 Å². The molecule has 0 unspecified atom stereocenters. The third-order valence-electron chi connectivity index (χ3n) is 11.3. The second kappa shape index (κ2) is 12.2. The first kappa shape index (κ1) is 31.2. The topological polar surface area (TPSA) is 21.3 Å². The third-order valence-corrected chi connectivity index (χ3v) is 12.5. The van der Waals surface area contributed by atoms with Crippen molar-refractivity contribution >= 4 is 103 Å². The highest BCUT2D eigenvalue weighted by molar-refractivity contribution is 7.25. The molecule has 0 saturated heterocycles. The Bertz CT molecular complexity index is 3460. The number of aromatic nitrogens is 1. The van der Waals surface area contributed by atoms with Gasteiger partial charge in [0, 0.05) is 58.8 Å². The van der Waals surface area contributed by atoms with Gasteiger partial charge in [0.15, 0.2) is 0 Å². The fourth-order valence-corrected chi connectivity index (χ4v) is 10.00. The molecule has 0 radical (unpaired) electrons. The number of para-hydroxylation sites is 2. The van der Waals surface area contributed by atoms with Crippen molar-refractivity contribution < 1.29 is 4.42 Å². The average molecular weight is 733 g/mol. The molecule has 262 valence electrons. The molecule has 3 aromatic heterocycles. The molecular weight excluding hydrogens is 701 g/mol. The van der Waals surface area contributed by atoms with E-state index < -0.39 is 0 Å². The summed E-state index contributed by atoms with van der Waals surface area (Å²) in [7, 11) is 0. The highest BCUT2D eigenvalue weighted by Gasteiger charge is 2.22. The van der Waals surface area contributed by atoms with Crippen LogP contribution in [0.1, 0.15) is 0 Å². The minimum absolute atomic E-state index is 0.865. The SMILES string of the molecule is c1cc(-c2ccc3c(c2)sc2ccccc23)cc(N(c2cccc(-n3c4ccccc4c4ccccc43)c2)c2cccc3oc4c5ccccc5ccc4c23)c1. The number of nitrogens with zero attached hydrogens (tertiary/aromatic N) is 2. The monoisotopic (exact) mass is 732 g/mol. The second-order valence-electron chi connectivity index (χ2n) is 14.5. The van der Waals surface area contributed by atoms with E-state index >= 15 is 0 Å². The summed E-state index contributed by atoms with van der Waals surface area (Å²) in [4.78, 5) is 2.41. The number of anilines is 3. The molecule has 12 aromatic rings. The number of benzene rings is 9. The second-order valence-corrected chi connectivity index (χ2v) is 15.6. The first-order valence-corrected chi connectivity index (χ1v) is 19.8. The fraction of sp³-hybridized carbons (Fsp3) is 0. The van der Waals surface area contributed by atoms with Crippen LogP contribution in [0.25, 0.3) is 91.5 Å². The molecule has 0 aliphatic heterocycles. The molecule has 12 rings (SSSR count). The van der Waals surface area contributed by atoms with Crippen molar-refractivity contribution in [2.24, 2.45) is 0 Å². The van der Waals surface area contributed by atoms with Gasteiger partial charge in [-0.15, -0.1) is 11.3 Å². The molecule has 0 spiro atoms. The van der Waals surface area contributed by atoms with Gasteiger partial charge < -0.3 is 13.9 Å². The highest BCUT2D eigenvalue weighted by atomic mass is 32.1. The molecule has 3 heterocycles. The van der Waals surface area contributed by atoms with Crippen molar-refractivity contribution in [2.75, 3.05) is 4.90 Å². The van der Waals surface area contributed by atoms with E-state index in [9.17, 15) is 0 Å². The molecule has 0 N–H and O–H groups in total. The molecule has 0 bridgehead atoms. The fourth-order valence-electron chi connectivity index (χ4n) is 8.85. The summed E-state index contributed by atoms with van der Waals surface area (Å²) in [5, 5.41) is 9.59. The molecule has 0 aliphatic carbocycles. The highest BCUT2D eigenvalue weighted by Crippen LogP contribution is 2.46. The molecular formula is C52H32N2OS. The average Bonchev–Trinajstić information content (AvgIpc) is 3.94. The van der Waals surface area contributed by atoms with E-state index in [4.69, 9.17) is 4.42 Å². The quantitative estimate of drug-likeness (QED) is 0.176. The number of hydrogen-bond acceptors (Lipinski definition) is 3. The van der Waals surface area contributed by atoms with Crippen LogP contribution in [-0.4, -0.2) is 4.57 Å². The van der Waals surface area contributed by atoms with E-state index in [2.05, 4.69) is 204 Å². The molecule has 3 nitrogen and oxygen atoms in total. The number of hydrogen-bond donors (Lipinski definition) is 0. The Kier molecular flexibility index (Phi) is 6.80. The van der Waals surface area contributed by atoms with Crippen LogP contribution >= 0.6 is 11.3 Å². The normalized spacial score (nSPS) is 11.9. The summed E-state index contributed by atoms with van der Waals surface area (Å²) in [5.74, 6) is 0. The van der Waals surface area contributed by atoms with Crippen LogP contribution in [0.4, 0.5) is 17.1 Å². The van der Waals surface area contributed by atoms with Crippen LogP contribution in [0.5, 0.6) is 0 Å². The van der Waals surface area contributed by atoms with Gasteiger partial charge in [0.2, 0.25) is 0 Å². The zero-order chi connectivity index (χ0) is 36.7. The van der Waals surface area contributed by atoms with Gasteiger partial charge >= 0.3 is 0 Å². The molecule has 0 saturated carbocycles. The van der Waals surface area contributed by atoms with E-state index in [1.165, 1.54) is 58.5 Å².